The molecular formula is C14H14N2O5. The number of rotatable bonds is 7. The van der Waals surface area contributed by atoms with Crippen LogP contribution >= 0.6 is 0 Å². The summed E-state index contributed by atoms with van der Waals surface area (Å²) in [7, 11) is 0. The van der Waals surface area contributed by atoms with E-state index in [9.17, 15) is 9.59 Å². The van der Waals surface area contributed by atoms with E-state index in [0.29, 0.717) is 18.1 Å². The summed E-state index contributed by atoms with van der Waals surface area (Å²) in [5, 5.41) is 11.8. The predicted molar refractivity (Wildman–Crippen MR) is 74.1 cm³/mol. The molecule has 2 rings (SSSR count). The molecule has 0 atom stereocenters. The average molecular weight is 290 g/mol. The van der Waals surface area contributed by atoms with E-state index in [1.807, 2.05) is 0 Å². The summed E-state index contributed by atoms with van der Waals surface area (Å²) in [6, 6.07) is 9.94. The Morgan fingerprint density at radius 1 is 1.29 bits per heavy atom. The maximum Gasteiger partial charge on any atom is 0.371 e. The molecule has 7 nitrogen and oxygen atoms in total. The number of aromatic carboxylic acids is 1. The Morgan fingerprint density at radius 3 is 2.76 bits per heavy atom. The number of carboxylic acids is 1. The second-order valence-electron chi connectivity index (χ2n) is 4.21. The van der Waals surface area contributed by atoms with Crippen molar-refractivity contribution in [2.45, 2.75) is 6.54 Å². The monoisotopic (exact) mass is 290 g/mol. The number of nitrogens with one attached hydrogen (secondary N) is 1. The van der Waals surface area contributed by atoms with Crippen LogP contribution in [-0.4, -0.2) is 23.6 Å². The molecule has 1 heterocycles. The molecule has 0 bridgehead atoms. The van der Waals surface area contributed by atoms with Gasteiger partial charge in [-0.15, -0.1) is 0 Å². The smallest absolute Gasteiger partial charge is 0.371 e. The van der Waals surface area contributed by atoms with Gasteiger partial charge in [-0.2, -0.15) is 0 Å². The number of primary amides is 1. The van der Waals surface area contributed by atoms with Crippen LogP contribution in [-0.2, 0) is 11.3 Å². The number of ether oxygens (including phenoxy) is 1. The number of carboxylic acid groups (broad SMARTS) is 1. The van der Waals surface area contributed by atoms with Gasteiger partial charge in [-0.25, -0.2) is 4.79 Å². The van der Waals surface area contributed by atoms with Gasteiger partial charge in [-0.3, -0.25) is 4.79 Å². The Labute approximate surface area is 120 Å². The van der Waals surface area contributed by atoms with E-state index in [-0.39, 0.29) is 12.4 Å². The fourth-order valence-electron chi connectivity index (χ4n) is 1.63. The largest absolute Gasteiger partial charge is 0.484 e. The fraction of sp³-hybridized carbons (Fsp3) is 0.143. The van der Waals surface area contributed by atoms with Gasteiger partial charge in [0.25, 0.3) is 5.91 Å². The molecule has 0 saturated heterocycles. The van der Waals surface area contributed by atoms with Crippen LogP contribution in [0.4, 0.5) is 5.69 Å². The quantitative estimate of drug-likeness (QED) is 0.711. The number of carbonyl (C=O) groups excluding carboxylic acids is 1. The van der Waals surface area contributed by atoms with Gasteiger partial charge in [0.1, 0.15) is 11.5 Å². The summed E-state index contributed by atoms with van der Waals surface area (Å²) in [6.45, 7) is 0.135. The molecule has 1 amide bonds. The van der Waals surface area contributed by atoms with Crippen molar-refractivity contribution >= 4 is 17.6 Å². The normalized spacial score (nSPS) is 10.1. The number of anilines is 1. The number of amides is 1. The number of nitrogens with two attached hydrogens (primary N) is 1. The minimum Gasteiger partial charge on any atom is -0.484 e. The molecular weight excluding hydrogens is 276 g/mol. The van der Waals surface area contributed by atoms with Gasteiger partial charge >= 0.3 is 5.97 Å². The molecule has 2 aromatic rings. The summed E-state index contributed by atoms with van der Waals surface area (Å²) in [5.74, 6) is -0.765. The molecule has 0 unspecified atom stereocenters. The summed E-state index contributed by atoms with van der Waals surface area (Å²) in [4.78, 5) is 21.3. The Hall–Kier alpha value is -2.96. The van der Waals surface area contributed by atoms with Crippen molar-refractivity contribution in [1.82, 2.24) is 0 Å². The van der Waals surface area contributed by atoms with Crippen LogP contribution in [0.1, 0.15) is 16.3 Å². The van der Waals surface area contributed by atoms with Crippen molar-refractivity contribution in [2.24, 2.45) is 5.73 Å². The van der Waals surface area contributed by atoms with E-state index < -0.39 is 11.9 Å². The molecule has 0 aliphatic carbocycles. The second-order valence-corrected chi connectivity index (χ2v) is 4.21. The first-order valence-electron chi connectivity index (χ1n) is 6.11. The highest BCUT2D eigenvalue weighted by atomic mass is 16.5. The lowest BCUT2D eigenvalue weighted by Crippen LogP contribution is -2.20. The van der Waals surface area contributed by atoms with Gasteiger partial charge < -0.3 is 25.3 Å². The van der Waals surface area contributed by atoms with Crippen LogP contribution in [0.3, 0.4) is 0 Å². The zero-order chi connectivity index (χ0) is 15.2. The Kier molecular flexibility index (Phi) is 4.45. The van der Waals surface area contributed by atoms with E-state index in [1.165, 1.54) is 6.07 Å². The third-order valence-corrected chi connectivity index (χ3v) is 2.55. The first-order chi connectivity index (χ1) is 10.0. The third-order valence-electron chi connectivity index (χ3n) is 2.55. The molecule has 0 spiro atoms. The van der Waals surface area contributed by atoms with Gasteiger partial charge in [-0.1, -0.05) is 6.07 Å². The second kappa shape index (κ2) is 6.47. The van der Waals surface area contributed by atoms with Crippen LogP contribution in [0.15, 0.2) is 40.8 Å². The number of hydrogen-bond acceptors (Lipinski definition) is 5. The SMILES string of the molecule is NC(=O)COc1cccc(NCc2ccc(C(=O)O)o2)c1. The molecule has 7 heteroatoms. The lowest BCUT2D eigenvalue weighted by atomic mass is 10.3. The Bertz CT molecular complexity index is 650. The lowest BCUT2D eigenvalue weighted by Gasteiger charge is -2.08. The van der Waals surface area contributed by atoms with Crippen molar-refractivity contribution in [2.75, 3.05) is 11.9 Å². The molecule has 4 N–H and O–H groups in total. The van der Waals surface area contributed by atoms with Crippen LogP contribution in [0.5, 0.6) is 5.75 Å². The highest BCUT2D eigenvalue weighted by molar-refractivity contribution is 5.84. The molecule has 0 radical (unpaired) electrons. The zero-order valence-corrected chi connectivity index (χ0v) is 11.0. The maximum atomic E-state index is 10.7. The molecule has 1 aromatic carbocycles. The highest BCUT2D eigenvalue weighted by Crippen LogP contribution is 2.18. The lowest BCUT2D eigenvalue weighted by molar-refractivity contribution is -0.119. The molecule has 0 saturated carbocycles. The summed E-state index contributed by atoms with van der Waals surface area (Å²) < 4.78 is 10.3. The molecule has 0 aliphatic heterocycles. The van der Waals surface area contributed by atoms with Gasteiger partial charge in [0.15, 0.2) is 6.61 Å². The van der Waals surface area contributed by atoms with E-state index in [4.69, 9.17) is 20.0 Å². The van der Waals surface area contributed by atoms with E-state index >= 15 is 0 Å². The van der Waals surface area contributed by atoms with Crippen molar-refractivity contribution in [3.05, 3.63) is 47.9 Å². The minimum atomic E-state index is -1.11. The van der Waals surface area contributed by atoms with Crippen molar-refractivity contribution in [3.8, 4) is 5.75 Å². The predicted octanol–water partition coefficient (Wildman–Crippen LogP) is 1.45. The van der Waals surface area contributed by atoms with E-state index in [2.05, 4.69) is 5.32 Å². The van der Waals surface area contributed by atoms with Crippen molar-refractivity contribution < 1.29 is 23.8 Å². The average Bonchev–Trinajstić information content (AvgIpc) is 2.92. The fourth-order valence-corrected chi connectivity index (χ4v) is 1.63. The van der Waals surface area contributed by atoms with Crippen LogP contribution in [0.2, 0.25) is 0 Å². The molecule has 21 heavy (non-hydrogen) atoms. The molecule has 0 fully saturated rings. The van der Waals surface area contributed by atoms with E-state index in [0.717, 1.165) is 5.69 Å². The van der Waals surface area contributed by atoms with Gasteiger partial charge in [-0.05, 0) is 24.3 Å². The number of benzene rings is 1. The minimum absolute atomic E-state index is 0.106. The third kappa shape index (κ3) is 4.27. The molecule has 110 valence electrons. The maximum absolute atomic E-state index is 10.7. The van der Waals surface area contributed by atoms with Crippen LogP contribution < -0.4 is 15.8 Å². The van der Waals surface area contributed by atoms with Crippen LogP contribution in [0.25, 0.3) is 0 Å². The first kappa shape index (κ1) is 14.4. The first-order valence-corrected chi connectivity index (χ1v) is 6.11. The summed E-state index contributed by atoms with van der Waals surface area (Å²) in [5.41, 5.74) is 5.74. The number of furan rings is 1. The Morgan fingerprint density at radius 2 is 2.10 bits per heavy atom. The zero-order valence-electron chi connectivity index (χ0n) is 11.0. The summed E-state index contributed by atoms with van der Waals surface area (Å²) >= 11 is 0. The summed E-state index contributed by atoms with van der Waals surface area (Å²) in [6.07, 6.45) is 0. The highest BCUT2D eigenvalue weighted by Gasteiger charge is 2.08. The Balaban J connectivity index is 1.94. The number of carbonyl (C=O) groups is 2. The number of hydrogen-bond donors (Lipinski definition) is 3. The molecule has 0 aliphatic rings. The van der Waals surface area contributed by atoms with Gasteiger partial charge in [0.05, 0.1) is 6.54 Å². The van der Waals surface area contributed by atoms with Gasteiger partial charge in [0, 0.05) is 11.8 Å². The topological polar surface area (TPSA) is 115 Å². The molecule has 1 aromatic heterocycles. The van der Waals surface area contributed by atoms with Gasteiger partial charge in [0.2, 0.25) is 5.76 Å². The van der Waals surface area contributed by atoms with Crippen molar-refractivity contribution in [3.63, 3.8) is 0 Å². The van der Waals surface area contributed by atoms with E-state index in [1.54, 1.807) is 30.3 Å². The van der Waals surface area contributed by atoms with Crippen molar-refractivity contribution in [1.29, 1.82) is 0 Å². The standard InChI is InChI=1S/C14H14N2O5/c15-13(17)8-20-10-3-1-2-9(6-10)16-7-11-4-5-12(21-11)14(18)19/h1-6,16H,7-8H2,(H2,15,17)(H,18,19). The van der Waals surface area contributed by atoms with Crippen LogP contribution in [0, 0.1) is 0 Å².